The summed E-state index contributed by atoms with van der Waals surface area (Å²) in [5.74, 6) is -2.27. The minimum atomic E-state index is -1.52. The molecule has 9 heteroatoms. The van der Waals surface area contributed by atoms with Gasteiger partial charge in [0.2, 0.25) is 11.8 Å². The highest BCUT2D eigenvalue weighted by Crippen LogP contribution is 2.57. The minimum Gasteiger partial charge on any atom is -0.504 e. The zero-order chi connectivity index (χ0) is 33.1. The van der Waals surface area contributed by atoms with Crippen molar-refractivity contribution < 1.29 is 34.4 Å². The number of rotatable bonds is 11. The molecule has 2 amide bonds. The molecule has 4 rings (SSSR count). The van der Waals surface area contributed by atoms with E-state index < -0.39 is 41.9 Å². The van der Waals surface area contributed by atoms with Crippen LogP contribution < -0.4 is 5.32 Å². The second-order valence-electron chi connectivity index (χ2n) is 14.2. The maximum Gasteiger partial charge on any atom is 0.329 e. The molecule has 6 unspecified atom stereocenters. The van der Waals surface area contributed by atoms with Gasteiger partial charge in [-0.05, 0) is 79.0 Å². The number of amides is 2. The van der Waals surface area contributed by atoms with E-state index in [9.17, 15) is 29.7 Å². The summed E-state index contributed by atoms with van der Waals surface area (Å²) in [6.45, 7) is 13.3. The zero-order valence-electron chi connectivity index (χ0n) is 27.5. The molecular formula is C36H50N2O7. The molecule has 6 atom stereocenters. The molecule has 2 aliphatic rings. The number of aliphatic hydroxyl groups is 1. The summed E-state index contributed by atoms with van der Waals surface area (Å²) in [5, 5.41) is 32.9. The van der Waals surface area contributed by atoms with Gasteiger partial charge in [-0.25, -0.2) is 4.79 Å². The predicted octanol–water partition coefficient (Wildman–Crippen LogP) is 5.06. The lowest BCUT2D eigenvalue weighted by atomic mass is 9.66. The maximum atomic E-state index is 14.2. The molecule has 0 radical (unpaired) electrons. The average molecular weight is 623 g/mol. The number of aliphatic hydroxyl groups excluding tert-OH is 1. The molecule has 2 aromatic rings. The number of benzene rings is 2. The van der Waals surface area contributed by atoms with Gasteiger partial charge in [0.1, 0.15) is 18.2 Å². The van der Waals surface area contributed by atoms with E-state index in [4.69, 9.17) is 4.74 Å². The van der Waals surface area contributed by atoms with E-state index in [1.807, 2.05) is 44.2 Å². The van der Waals surface area contributed by atoms with E-state index in [0.717, 1.165) is 24.8 Å². The van der Waals surface area contributed by atoms with Gasteiger partial charge in [-0.1, -0.05) is 71.0 Å². The van der Waals surface area contributed by atoms with Crippen LogP contribution >= 0.6 is 0 Å². The number of phenols is 2. The van der Waals surface area contributed by atoms with Gasteiger partial charge in [0, 0.05) is 18.9 Å². The quantitative estimate of drug-likeness (QED) is 0.203. The molecule has 4 N–H and O–H groups in total. The van der Waals surface area contributed by atoms with Crippen LogP contribution in [0.4, 0.5) is 0 Å². The molecule has 1 saturated heterocycles. The molecule has 1 saturated carbocycles. The first kappa shape index (κ1) is 34.3. The van der Waals surface area contributed by atoms with Gasteiger partial charge >= 0.3 is 5.97 Å². The first-order valence-electron chi connectivity index (χ1n) is 16.2. The number of phenolic OH excluding ortho intramolecular Hbond substituents is 2. The molecule has 1 aliphatic carbocycles. The molecule has 1 aliphatic heterocycles. The van der Waals surface area contributed by atoms with E-state index in [-0.39, 0.29) is 34.9 Å². The number of carbonyl (C=O) groups excluding carboxylic acids is 3. The molecule has 1 heterocycles. The SMILES string of the molecule is CC(CC1CCC(C)(C)C1(C)C)OC(=O)C1CCCN1C(=O)C(NC(=O)C(O)Cc1ccc(O)c(O)c1)C(C)c1ccccc1. The number of esters is 1. The van der Waals surface area contributed by atoms with Crippen molar-refractivity contribution in [3.63, 3.8) is 0 Å². The highest BCUT2D eigenvalue weighted by atomic mass is 16.5. The fraction of sp³-hybridized carbons (Fsp3) is 0.583. The average Bonchev–Trinajstić information content (AvgIpc) is 3.56. The fourth-order valence-corrected chi connectivity index (χ4v) is 6.97. The minimum absolute atomic E-state index is 0.120. The summed E-state index contributed by atoms with van der Waals surface area (Å²) in [4.78, 5) is 42.4. The van der Waals surface area contributed by atoms with E-state index >= 15 is 0 Å². The standard InChI is InChI=1S/C36H50N2O7/c1-22(19-26-16-17-35(3,4)36(26,5)6)45-34(44)27-13-10-18-38(27)33(43)31(23(2)25-11-8-7-9-12-25)37-32(42)30(41)21-24-14-15-28(39)29(40)20-24/h7-9,11-12,14-15,20,22-23,26-27,30-31,39-41H,10,13,16-19,21H2,1-6H3,(H,37,42). The summed E-state index contributed by atoms with van der Waals surface area (Å²) in [5.41, 5.74) is 1.59. The van der Waals surface area contributed by atoms with Crippen LogP contribution in [0, 0.1) is 16.7 Å². The van der Waals surface area contributed by atoms with Crippen molar-refractivity contribution in [2.24, 2.45) is 16.7 Å². The molecule has 2 aromatic carbocycles. The highest BCUT2D eigenvalue weighted by Gasteiger charge is 2.49. The lowest BCUT2D eigenvalue weighted by Crippen LogP contribution is -2.55. The number of likely N-dealkylation sites (tertiary alicyclic amines) is 1. The predicted molar refractivity (Wildman–Crippen MR) is 171 cm³/mol. The molecule has 0 spiro atoms. The van der Waals surface area contributed by atoms with Gasteiger partial charge in [0.25, 0.3) is 0 Å². The molecule has 2 fully saturated rings. The van der Waals surface area contributed by atoms with Crippen molar-refractivity contribution in [3.05, 3.63) is 59.7 Å². The van der Waals surface area contributed by atoms with Crippen molar-refractivity contribution >= 4 is 17.8 Å². The third-order valence-corrected chi connectivity index (χ3v) is 10.8. The first-order valence-corrected chi connectivity index (χ1v) is 16.2. The van der Waals surface area contributed by atoms with E-state index in [0.29, 0.717) is 30.9 Å². The lowest BCUT2D eigenvalue weighted by Gasteiger charge is -2.40. The van der Waals surface area contributed by atoms with Crippen molar-refractivity contribution in [2.75, 3.05) is 6.54 Å². The van der Waals surface area contributed by atoms with E-state index in [1.165, 1.54) is 23.1 Å². The summed E-state index contributed by atoms with van der Waals surface area (Å²) in [6.07, 6.45) is 2.17. The summed E-state index contributed by atoms with van der Waals surface area (Å²) in [7, 11) is 0. The van der Waals surface area contributed by atoms with Gasteiger partial charge in [-0.2, -0.15) is 0 Å². The Morgan fingerprint density at radius 1 is 1.00 bits per heavy atom. The highest BCUT2D eigenvalue weighted by molar-refractivity contribution is 5.93. The van der Waals surface area contributed by atoms with Crippen molar-refractivity contribution in [2.45, 2.75) is 110 Å². The summed E-state index contributed by atoms with van der Waals surface area (Å²) >= 11 is 0. The molecule has 0 bridgehead atoms. The largest absolute Gasteiger partial charge is 0.504 e. The number of nitrogens with one attached hydrogen (secondary N) is 1. The van der Waals surface area contributed by atoms with Crippen LogP contribution in [0.5, 0.6) is 11.5 Å². The Bertz CT molecular complexity index is 1360. The van der Waals surface area contributed by atoms with Gasteiger partial charge in [0.15, 0.2) is 11.5 Å². The van der Waals surface area contributed by atoms with Crippen molar-refractivity contribution in [1.82, 2.24) is 10.2 Å². The Balaban J connectivity index is 1.47. The monoisotopic (exact) mass is 622 g/mol. The molecule has 0 aromatic heterocycles. The van der Waals surface area contributed by atoms with E-state index in [1.54, 1.807) is 0 Å². The van der Waals surface area contributed by atoms with Crippen LogP contribution in [0.15, 0.2) is 48.5 Å². The van der Waals surface area contributed by atoms with Crippen LogP contribution in [0.1, 0.15) is 90.7 Å². The van der Waals surface area contributed by atoms with Crippen LogP contribution in [0.3, 0.4) is 0 Å². The Hall–Kier alpha value is -3.59. The Labute approximate surface area is 267 Å². The Morgan fingerprint density at radius 3 is 2.31 bits per heavy atom. The number of hydrogen-bond acceptors (Lipinski definition) is 7. The normalized spacial score (nSPS) is 23.1. The number of carbonyl (C=O) groups is 3. The second kappa shape index (κ2) is 13.8. The molecular weight excluding hydrogens is 572 g/mol. The number of aromatic hydroxyl groups is 2. The summed E-state index contributed by atoms with van der Waals surface area (Å²) < 4.78 is 5.97. The topological polar surface area (TPSA) is 136 Å². The summed E-state index contributed by atoms with van der Waals surface area (Å²) in [6, 6.07) is 11.6. The third-order valence-electron chi connectivity index (χ3n) is 10.8. The van der Waals surface area contributed by atoms with Gasteiger partial charge < -0.3 is 30.3 Å². The molecule has 45 heavy (non-hydrogen) atoms. The molecule has 9 nitrogen and oxygen atoms in total. The number of nitrogens with zero attached hydrogens (tertiary/aromatic N) is 1. The smallest absolute Gasteiger partial charge is 0.329 e. The number of hydrogen-bond donors (Lipinski definition) is 4. The van der Waals surface area contributed by atoms with Crippen LogP contribution in [-0.2, 0) is 25.5 Å². The molecule has 246 valence electrons. The van der Waals surface area contributed by atoms with Crippen molar-refractivity contribution in [3.8, 4) is 11.5 Å². The van der Waals surface area contributed by atoms with Crippen LogP contribution in [0.2, 0.25) is 0 Å². The van der Waals surface area contributed by atoms with Gasteiger partial charge in [-0.15, -0.1) is 0 Å². The van der Waals surface area contributed by atoms with Crippen LogP contribution in [-0.4, -0.2) is 68.8 Å². The van der Waals surface area contributed by atoms with Gasteiger partial charge in [-0.3, -0.25) is 9.59 Å². The maximum absolute atomic E-state index is 14.2. The fourth-order valence-electron chi connectivity index (χ4n) is 6.97. The van der Waals surface area contributed by atoms with Crippen molar-refractivity contribution in [1.29, 1.82) is 0 Å². The Kier molecular flexibility index (Phi) is 10.5. The van der Waals surface area contributed by atoms with Gasteiger partial charge in [0.05, 0.1) is 6.10 Å². The second-order valence-corrected chi connectivity index (χ2v) is 14.2. The first-order chi connectivity index (χ1) is 21.1. The Morgan fingerprint density at radius 2 is 1.69 bits per heavy atom. The van der Waals surface area contributed by atoms with E-state index in [2.05, 4.69) is 33.0 Å². The lowest BCUT2D eigenvalue weighted by molar-refractivity contribution is -0.159. The number of ether oxygens (including phenoxy) is 1. The zero-order valence-corrected chi connectivity index (χ0v) is 27.5. The third kappa shape index (κ3) is 7.63. The van der Waals surface area contributed by atoms with Crippen LogP contribution in [0.25, 0.3) is 0 Å².